The van der Waals surface area contributed by atoms with Gasteiger partial charge < -0.3 is 10.6 Å². The normalized spacial score (nSPS) is 18.2. The van der Waals surface area contributed by atoms with Crippen LogP contribution in [0.4, 0.5) is 11.4 Å². The Bertz CT molecular complexity index is 529. The zero-order chi connectivity index (χ0) is 15.4. The summed E-state index contributed by atoms with van der Waals surface area (Å²) in [6, 6.07) is 7.37. The lowest BCUT2D eigenvalue weighted by molar-refractivity contribution is -0.117. The van der Waals surface area contributed by atoms with Crippen LogP contribution in [0.15, 0.2) is 24.3 Å². The second-order valence-electron chi connectivity index (χ2n) is 6.58. The van der Waals surface area contributed by atoms with E-state index in [2.05, 4.69) is 10.6 Å². The first-order valence-electron chi connectivity index (χ1n) is 8.41. The summed E-state index contributed by atoms with van der Waals surface area (Å²) in [7, 11) is 0. The zero-order valence-electron chi connectivity index (χ0n) is 12.9. The summed E-state index contributed by atoms with van der Waals surface area (Å²) >= 11 is 0. The van der Waals surface area contributed by atoms with Crippen LogP contribution in [0.1, 0.15) is 51.4 Å². The van der Waals surface area contributed by atoms with Crippen LogP contribution in [0.25, 0.3) is 0 Å². The molecule has 0 atom stereocenters. The van der Waals surface area contributed by atoms with E-state index in [9.17, 15) is 9.59 Å². The van der Waals surface area contributed by atoms with Crippen LogP contribution >= 0.6 is 0 Å². The first kappa shape index (κ1) is 15.1. The summed E-state index contributed by atoms with van der Waals surface area (Å²) in [5.74, 6) is 1.13. The molecule has 22 heavy (non-hydrogen) atoms. The van der Waals surface area contributed by atoms with E-state index in [4.69, 9.17) is 0 Å². The van der Waals surface area contributed by atoms with Crippen molar-refractivity contribution in [3.63, 3.8) is 0 Å². The summed E-state index contributed by atoms with van der Waals surface area (Å²) in [5, 5.41) is 5.82. The summed E-state index contributed by atoms with van der Waals surface area (Å²) in [6.07, 6.45) is 8.81. The molecule has 0 spiro atoms. The van der Waals surface area contributed by atoms with Crippen molar-refractivity contribution in [3.05, 3.63) is 24.3 Å². The van der Waals surface area contributed by atoms with Crippen LogP contribution in [0.3, 0.4) is 0 Å². The molecule has 118 valence electrons. The van der Waals surface area contributed by atoms with Gasteiger partial charge in [-0.05, 0) is 49.4 Å². The Hall–Kier alpha value is -1.84. The summed E-state index contributed by atoms with van der Waals surface area (Å²) in [6.45, 7) is 0. The second kappa shape index (κ2) is 6.95. The third kappa shape index (κ3) is 4.33. The van der Waals surface area contributed by atoms with Crippen LogP contribution in [-0.2, 0) is 9.59 Å². The number of anilines is 2. The lowest BCUT2D eigenvalue weighted by Gasteiger charge is -2.10. The zero-order valence-corrected chi connectivity index (χ0v) is 12.9. The minimum atomic E-state index is 0.0849. The molecule has 0 saturated heterocycles. The summed E-state index contributed by atoms with van der Waals surface area (Å²) < 4.78 is 0. The molecule has 4 nitrogen and oxygen atoms in total. The van der Waals surface area contributed by atoms with Gasteiger partial charge in [0.1, 0.15) is 0 Å². The molecule has 2 aliphatic carbocycles. The van der Waals surface area contributed by atoms with Crippen LogP contribution in [0.2, 0.25) is 0 Å². The lowest BCUT2D eigenvalue weighted by Crippen LogP contribution is -2.14. The highest BCUT2D eigenvalue weighted by molar-refractivity contribution is 5.95. The minimum Gasteiger partial charge on any atom is -0.326 e. The van der Waals surface area contributed by atoms with E-state index in [1.807, 2.05) is 24.3 Å². The Kier molecular flexibility index (Phi) is 4.76. The van der Waals surface area contributed by atoms with Crippen LogP contribution < -0.4 is 10.6 Å². The lowest BCUT2D eigenvalue weighted by atomic mass is 10.0. The first-order chi connectivity index (χ1) is 10.7. The average molecular weight is 300 g/mol. The minimum absolute atomic E-state index is 0.0849. The summed E-state index contributed by atoms with van der Waals surface area (Å²) in [5.41, 5.74) is 1.58. The Morgan fingerprint density at radius 2 is 1.50 bits per heavy atom. The molecule has 2 fully saturated rings. The summed E-state index contributed by atoms with van der Waals surface area (Å²) in [4.78, 5) is 23.6. The number of hydrogen-bond acceptors (Lipinski definition) is 2. The maximum Gasteiger partial charge on any atom is 0.227 e. The Morgan fingerprint density at radius 3 is 2.09 bits per heavy atom. The fraction of sp³-hybridized carbons (Fsp3) is 0.556. The van der Waals surface area contributed by atoms with Gasteiger partial charge in [-0.25, -0.2) is 0 Å². The van der Waals surface area contributed by atoms with E-state index < -0.39 is 0 Å². The van der Waals surface area contributed by atoms with Gasteiger partial charge in [-0.15, -0.1) is 0 Å². The molecule has 0 radical (unpaired) electrons. The number of carbonyl (C=O) groups excluding carboxylic acids is 2. The molecule has 2 aliphatic rings. The van der Waals surface area contributed by atoms with Gasteiger partial charge in [-0.3, -0.25) is 9.59 Å². The highest BCUT2D eigenvalue weighted by atomic mass is 16.2. The van der Waals surface area contributed by atoms with E-state index >= 15 is 0 Å². The van der Waals surface area contributed by atoms with Crippen molar-refractivity contribution in [2.75, 3.05) is 10.6 Å². The molecule has 2 saturated carbocycles. The van der Waals surface area contributed by atoms with E-state index in [1.54, 1.807) is 0 Å². The number of carbonyl (C=O) groups is 2. The van der Waals surface area contributed by atoms with Crippen molar-refractivity contribution in [2.45, 2.75) is 51.4 Å². The molecule has 1 aromatic rings. The highest BCUT2D eigenvalue weighted by Gasteiger charge is 2.29. The third-order valence-corrected chi connectivity index (χ3v) is 4.64. The maximum absolute atomic E-state index is 11.9. The molecule has 0 heterocycles. The standard InChI is InChI=1S/C18H24N2O2/c21-17(12-5-13-3-1-2-4-13)19-15-8-10-16(11-9-15)20-18(22)14-6-7-14/h8-11,13-14H,1-7,12H2,(H,19,21)(H,20,22). The second-order valence-corrected chi connectivity index (χ2v) is 6.58. The van der Waals surface area contributed by atoms with E-state index in [0.717, 1.165) is 36.6 Å². The predicted molar refractivity (Wildman–Crippen MR) is 87.6 cm³/mol. The fourth-order valence-corrected chi connectivity index (χ4v) is 3.08. The van der Waals surface area contributed by atoms with Crippen molar-refractivity contribution in [2.24, 2.45) is 11.8 Å². The van der Waals surface area contributed by atoms with Crippen LogP contribution in [-0.4, -0.2) is 11.8 Å². The van der Waals surface area contributed by atoms with Crippen LogP contribution in [0.5, 0.6) is 0 Å². The van der Waals surface area contributed by atoms with Gasteiger partial charge in [-0.2, -0.15) is 0 Å². The van der Waals surface area contributed by atoms with Gasteiger partial charge in [0.25, 0.3) is 0 Å². The number of benzene rings is 1. The topological polar surface area (TPSA) is 58.2 Å². The Morgan fingerprint density at radius 1 is 0.909 bits per heavy atom. The number of nitrogens with one attached hydrogen (secondary N) is 2. The van der Waals surface area contributed by atoms with Gasteiger partial charge in [0.15, 0.2) is 0 Å². The molecule has 3 rings (SSSR count). The number of amides is 2. The largest absolute Gasteiger partial charge is 0.326 e. The van der Waals surface area contributed by atoms with E-state index in [0.29, 0.717) is 6.42 Å². The molecule has 0 bridgehead atoms. The Labute approximate surface area is 131 Å². The molecular formula is C18H24N2O2. The first-order valence-corrected chi connectivity index (χ1v) is 8.41. The molecule has 0 aromatic heterocycles. The third-order valence-electron chi connectivity index (χ3n) is 4.64. The molecule has 0 aliphatic heterocycles. The predicted octanol–water partition coefficient (Wildman–Crippen LogP) is 3.94. The monoisotopic (exact) mass is 300 g/mol. The quantitative estimate of drug-likeness (QED) is 0.836. The molecule has 2 N–H and O–H groups in total. The van der Waals surface area contributed by atoms with E-state index in [1.165, 1.54) is 25.7 Å². The average Bonchev–Trinajstić information content (AvgIpc) is 3.24. The number of rotatable bonds is 6. The van der Waals surface area contributed by atoms with Gasteiger partial charge >= 0.3 is 0 Å². The van der Waals surface area contributed by atoms with Crippen molar-refractivity contribution in [1.29, 1.82) is 0 Å². The SMILES string of the molecule is O=C(CCC1CCCC1)Nc1ccc(NC(=O)C2CC2)cc1. The van der Waals surface area contributed by atoms with Crippen LogP contribution in [0, 0.1) is 11.8 Å². The van der Waals surface area contributed by atoms with Gasteiger partial charge in [-0.1, -0.05) is 25.7 Å². The molecule has 4 heteroatoms. The van der Waals surface area contributed by atoms with Gasteiger partial charge in [0, 0.05) is 23.7 Å². The molecule has 2 amide bonds. The smallest absolute Gasteiger partial charge is 0.227 e. The molecule has 1 aromatic carbocycles. The van der Waals surface area contributed by atoms with E-state index in [-0.39, 0.29) is 17.7 Å². The molecular weight excluding hydrogens is 276 g/mol. The van der Waals surface area contributed by atoms with Crippen molar-refractivity contribution < 1.29 is 9.59 Å². The number of hydrogen-bond donors (Lipinski definition) is 2. The van der Waals surface area contributed by atoms with Gasteiger partial charge in [0.05, 0.1) is 0 Å². The van der Waals surface area contributed by atoms with Crippen molar-refractivity contribution in [3.8, 4) is 0 Å². The fourth-order valence-electron chi connectivity index (χ4n) is 3.08. The maximum atomic E-state index is 11.9. The van der Waals surface area contributed by atoms with Crippen molar-refractivity contribution in [1.82, 2.24) is 0 Å². The van der Waals surface area contributed by atoms with Gasteiger partial charge in [0.2, 0.25) is 11.8 Å². The molecule has 0 unspecified atom stereocenters. The van der Waals surface area contributed by atoms with Crippen molar-refractivity contribution >= 4 is 23.2 Å². The Balaban J connectivity index is 1.43. The highest BCUT2D eigenvalue weighted by Crippen LogP contribution is 2.30.